The Balaban J connectivity index is 2.39. The largest absolute Gasteiger partial charge is 0.463 e. The second-order valence-electron chi connectivity index (χ2n) is 8.52. The second-order valence-corrected chi connectivity index (χ2v) is 8.52. The van der Waals surface area contributed by atoms with Crippen molar-refractivity contribution in [2.75, 3.05) is 0 Å². The van der Waals surface area contributed by atoms with Gasteiger partial charge in [0.05, 0.1) is 24.0 Å². The van der Waals surface area contributed by atoms with Crippen LogP contribution in [-0.4, -0.2) is 33.7 Å². The van der Waals surface area contributed by atoms with E-state index in [9.17, 15) is 9.59 Å². The summed E-state index contributed by atoms with van der Waals surface area (Å²) in [4.78, 5) is 30.2. The van der Waals surface area contributed by atoms with E-state index >= 15 is 0 Å². The summed E-state index contributed by atoms with van der Waals surface area (Å²) in [6.45, 7) is 15.0. The van der Waals surface area contributed by atoms with E-state index in [1.54, 1.807) is 34.6 Å². The van der Waals surface area contributed by atoms with Gasteiger partial charge < -0.3 is 14.0 Å². The number of esters is 2. The van der Waals surface area contributed by atoms with Crippen LogP contribution in [0.25, 0.3) is 5.82 Å². The highest BCUT2D eigenvalue weighted by atomic mass is 16.5. The molecular formula is C24H34N2O4. The molecule has 6 nitrogen and oxygen atoms in total. The van der Waals surface area contributed by atoms with Crippen molar-refractivity contribution < 1.29 is 19.1 Å². The number of nitrogens with zero attached hydrogens (tertiary/aromatic N) is 2. The number of hydrogen-bond acceptors (Lipinski definition) is 5. The van der Waals surface area contributed by atoms with Crippen LogP contribution in [0, 0.1) is 32.6 Å². The van der Waals surface area contributed by atoms with Crippen LogP contribution in [0.4, 0.5) is 0 Å². The van der Waals surface area contributed by atoms with Crippen LogP contribution in [0.1, 0.15) is 57.3 Å². The number of pyridine rings is 1. The smallest absolute Gasteiger partial charge is 0.310 e. The van der Waals surface area contributed by atoms with Gasteiger partial charge in [-0.1, -0.05) is 6.92 Å². The Morgan fingerprint density at radius 2 is 1.43 bits per heavy atom. The van der Waals surface area contributed by atoms with E-state index in [1.807, 2.05) is 45.0 Å². The summed E-state index contributed by atoms with van der Waals surface area (Å²) in [7, 11) is 0. The molecular weight excluding hydrogens is 380 g/mol. The fourth-order valence-electron chi connectivity index (χ4n) is 3.48. The summed E-state index contributed by atoms with van der Waals surface area (Å²) in [5.74, 6) is -1.32. The minimum atomic E-state index is -0.673. The van der Waals surface area contributed by atoms with E-state index in [0.29, 0.717) is 6.42 Å². The van der Waals surface area contributed by atoms with Crippen molar-refractivity contribution >= 4 is 11.9 Å². The summed E-state index contributed by atoms with van der Waals surface area (Å²) in [6.07, 6.45) is -0.210. The Hall–Kier alpha value is -2.63. The van der Waals surface area contributed by atoms with Crippen LogP contribution < -0.4 is 0 Å². The molecule has 0 unspecified atom stereocenters. The molecule has 0 radical (unpaired) electrons. The maximum atomic E-state index is 12.8. The number of hydrogen-bond donors (Lipinski definition) is 0. The molecule has 0 saturated heterocycles. The SMILES string of the molecule is Cc1cc(C[C@H](C(=O)OC(C)C)[C@H](C)C(=O)OC(C)C)nc(-n2c(C)ccc2C)c1. The van der Waals surface area contributed by atoms with E-state index in [-0.39, 0.29) is 12.2 Å². The van der Waals surface area contributed by atoms with Crippen LogP contribution in [0.2, 0.25) is 0 Å². The van der Waals surface area contributed by atoms with Gasteiger partial charge in [0.1, 0.15) is 5.82 Å². The zero-order valence-corrected chi connectivity index (χ0v) is 19.4. The van der Waals surface area contributed by atoms with Crippen LogP contribution in [0.15, 0.2) is 24.3 Å². The molecule has 0 aliphatic rings. The van der Waals surface area contributed by atoms with Gasteiger partial charge in [0.2, 0.25) is 0 Å². The quantitative estimate of drug-likeness (QED) is 0.595. The molecule has 0 aromatic carbocycles. The normalized spacial score (nSPS) is 13.4. The Kier molecular flexibility index (Phi) is 7.82. The van der Waals surface area contributed by atoms with E-state index in [4.69, 9.17) is 14.5 Å². The first-order valence-electron chi connectivity index (χ1n) is 10.5. The molecule has 0 saturated carbocycles. The van der Waals surface area contributed by atoms with Gasteiger partial charge in [0.15, 0.2) is 0 Å². The second kappa shape index (κ2) is 9.92. The molecule has 2 heterocycles. The van der Waals surface area contributed by atoms with Gasteiger partial charge in [-0.3, -0.25) is 9.59 Å². The van der Waals surface area contributed by atoms with Crippen molar-refractivity contribution in [2.24, 2.45) is 11.8 Å². The molecule has 0 spiro atoms. The maximum absolute atomic E-state index is 12.8. The lowest BCUT2D eigenvalue weighted by Gasteiger charge is -2.23. The van der Waals surface area contributed by atoms with E-state index in [2.05, 4.69) is 4.57 Å². The fourth-order valence-corrected chi connectivity index (χ4v) is 3.48. The van der Waals surface area contributed by atoms with Crippen LogP contribution in [-0.2, 0) is 25.5 Å². The Morgan fingerprint density at radius 3 is 1.97 bits per heavy atom. The zero-order valence-electron chi connectivity index (χ0n) is 19.4. The lowest BCUT2D eigenvalue weighted by molar-refractivity contribution is -0.164. The van der Waals surface area contributed by atoms with Gasteiger partial charge in [-0.15, -0.1) is 0 Å². The zero-order chi connectivity index (χ0) is 22.6. The molecule has 0 amide bonds. The monoisotopic (exact) mass is 414 g/mol. The molecule has 0 fully saturated rings. The van der Waals surface area contributed by atoms with Gasteiger partial charge in [-0.05, 0) is 78.3 Å². The molecule has 0 N–H and O–H groups in total. The average molecular weight is 415 g/mol. The van der Waals surface area contributed by atoms with Crippen molar-refractivity contribution in [1.82, 2.24) is 9.55 Å². The lowest BCUT2D eigenvalue weighted by Crippen LogP contribution is -2.34. The Morgan fingerprint density at radius 1 is 0.900 bits per heavy atom. The fraction of sp³-hybridized carbons (Fsp3) is 0.542. The number of aromatic nitrogens is 2. The van der Waals surface area contributed by atoms with Gasteiger partial charge in [0.25, 0.3) is 0 Å². The third-order valence-electron chi connectivity index (χ3n) is 4.92. The van der Waals surface area contributed by atoms with Gasteiger partial charge >= 0.3 is 11.9 Å². The van der Waals surface area contributed by atoms with Crippen molar-refractivity contribution in [3.8, 4) is 5.82 Å². The average Bonchev–Trinajstić information content (AvgIpc) is 2.95. The van der Waals surface area contributed by atoms with Crippen molar-refractivity contribution in [3.05, 3.63) is 46.9 Å². The van der Waals surface area contributed by atoms with Crippen molar-refractivity contribution in [2.45, 2.75) is 74.0 Å². The van der Waals surface area contributed by atoms with Crippen molar-refractivity contribution in [3.63, 3.8) is 0 Å². The topological polar surface area (TPSA) is 70.4 Å². The van der Waals surface area contributed by atoms with Crippen LogP contribution in [0.5, 0.6) is 0 Å². The standard InChI is InChI=1S/C24H34N2O4/c1-14(2)29-23(27)19(8)21(24(28)30-15(3)4)13-20-11-16(5)12-22(25-20)26-17(6)9-10-18(26)7/h9-12,14-15,19,21H,13H2,1-8H3/t19-,21-/m0/s1. The Labute approximate surface area is 179 Å². The summed E-state index contributed by atoms with van der Waals surface area (Å²) in [5.41, 5.74) is 3.95. The van der Waals surface area contributed by atoms with Gasteiger partial charge in [0, 0.05) is 23.5 Å². The first-order chi connectivity index (χ1) is 14.0. The molecule has 2 aromatic rings. The summed E-state index contributed by atoms with van der Waals surface area (Å²) >= 11 is 0. The highest BCUT2D eigenvalue weighted by Crippen LogP contribution is 2.24. The number of rotatable bonds is 8. The minimum Gasteiger partial charge on any atom is -0.463 e. The van der Waals surface area contributed by atoms with Crippen LogP contribution in [0.3, 0.4) is 0 Å². The summed E-state index contributed by atoms with van der Waals surface area (Å²) in [6, 6.07) is 8.06. The predicted molar refractivity (Wildman–Crippen MR) is 117 cm³/mol. The van der Waals surface area contributed by atoms with Crippen LogP contribution >= 0.6 is 0 Å². The molecule has 0 bridgehead atoms. The van der Waals surface area contributed by atoms with E-state index in [0.717, 1.165) is 28.5 Å². The predicted octanol–water partition coefficient (Wildman–Crippen LogP) is 4.50. The summed E-state index contributed by atoms with van der Waals surface area (Å²) in [5, 5.41) is 0. The molecule has 0 aliphatic heterocycles. The van der Waals surface area contributed by atoms with Crippen molar-refractivity contribution in [1.29, 1.82) is 0 Å². The molecule has 30 heavy (non-hydrogen) atoms. The van der Waals surface area contributed by atoms with E-state index < -0.39 is 23.8 Å². The molecule has 2 atom stereocenters. The first kappa shape index (κ1) is 23.6. The maximum Gasteiger partial charge on any atom is 0.310 e. The summed E-state index contributed by atoms with van der Waals surface area (Å²) < 4.78 is 12.9. The highest BCUT2D eigenvalue weighted by Gasteiger charge is 2.34. The molecule has 6 heteroatoms. The minimum absolute atomic E-state index is 0.245. The number of ether oxygens (including phenoxy) is 2. The van der Waals surface area contributed by atoms with Gasteiger partial charge in [-0.25, -0.2) is 4.98 Å². The highest BCUT2D eigenvalue weighted by molar-refractivity contribution is 5.82. The lowest BCUT2D eigenvalue weighted by atomic mass is 9.89. The van der Waals surface area contributed by atoms with Gasteiger partial charge in [-0.2, -0.15) is 0 Å². The number of carbonyl (C=O) groups is 2. The number of carbonyl (C=O) groups excluding carboxylic acids is 2. The third kappa shape index (κ3) is 5.94. The Bertz CT molecular complexity index is 879. The van der Waals surface area contributed by atoms with E-state index in [1.165, 1.54) is 0 Å². The molecule has 2 aromatic heterocycles. The third-order valence-corrected chi connectivity index (χ3v) is 4.92. The molecule has 2 rings (SSSR count). The number of aryl methyl sites for hydroxylation is 3. The first-order valence-corrected chi connectivity index (χ1v) is 10.5. The molecule has 0 aliphatic carbocycles. The molecule has 164 valence electrons.